The Morgan fingerprint density at radius 2 is 2.39 bits per heavy atom. The number of amides is 1. The van der Waals surface area contributed by atoms with Crippen LogP contribution >= 0.6 is 8.58 Å². The summed E-state index contributed by atoms with van der Waals surface area (Å²) in [7, 11) is 2.20. The van der Waals surface area contributed by atoms with E-state index in [1.165, 1.54) is 0 Å². The second-order valence-corrected chi connectivity index (χ2v) is 5.51. The maximum absolute atomic E-state index is 11.5. The molecule has 1 rings (SSSR count). The van der Waals surface area contributed by atoms with Gasteiger partial charge in [0, 0.05) is 39.8 Å². The lowest BCUT2D eigenvalue weighted by atomic mass is 10.2. The van der Waals surface area contributed by atoms with Crippen LogP contribution in [0.5, 0.6) is 0 Å². The van der Waals surface area contributed by atoms with Gasteiger partial charge in [-0.3, -0.25) is 9.69 Å². The second-order valence-electron chi connectivity index (χ2n) is 4.58. The molecule has 6 heteroatoms. The Morgan fingerprint density at radius 3 is 3.06 bits per heavy atom. The third-order valence-corrected chi connectivity index (χ3v) is 3.93. The molecule has 2 unspecified atom stereocenters. The smallest absolute Gasteiger partial charge is 0.240 e. The average Bonchev–Trinajstić information content (AvgIpc) is 2.38. The van der Waals surface area contributed by atoms with Gasteiger partial charge in [0.2, 0.25) is 5.65 Å². The van der Waals surface area contributed by atoms with Crippen molar-refractivity contribution in [3.05, 3.63) is 0 Å². The van der Waals surface area contributed by atoms with Crippen LogP contribution in [0.25, 0.3) is 0 Å². The molecule has 0 spiro atoms. The molecule has 0 radical (unpaired) electrons. The number of rotatable bonds is 7. The Hall–Kier alpha value is -0.220. The van der Waals surface area contributed by atoms with Crippen molar-refractivity contribution >= 4 is 14.2 Å². The van der Waals surface area contributed by atoms with Crippen molar-refractivity contribution in [2.24, 2.45) is 0 Å². The van der Waals surface area contributed by atoms with Gasteiger partial charge in [0.1, 0.15) is 0 Å². The monoisotopic (exact) mass is 275 g/mol. The lowest BCUT2D eigenvalue weighted by molar-refractivity contribution is -0.0349. The van der Waals surface area contributed by atoms with Gasteiger partial charge < -0.3 is 15.0 Å². The molecule has 106 valence electrons. The zero-order valence-corrected chi connectivity index (χ0v) is 12.7. The summed E-state index contributed by atoms with van der Waals surface area (Å²) < 4.78 is 5.73. The van der Waals surface area contributed by atoms with Gasteiger partial charge in [-0.2, -0.15) is 0 Å². The molecule has 1 amide bonds. The third-order valence-electron chi connectivity index (χ3n) is 3.12. The van der Waals surface area contributed by atoms with E-state index in [2.05, 4.69) is 17.1 Å². The SMILES string of the molecule is CCNCCN1CCOC(CN(C)C(=O)PC)C1. The molecule has 5 nitrogen and oxygen atoms in total. The van der Waals surface area contributed by atoms with Crippen molar-refractivity contribution in [1.29, 1.82) is 0 Å². The van der Waals surface area contributed by atoms with E-state index in [9.17, 15) is 4.79 Å². The van der Waals surface area contributed by atoms with Gasteiger partial charge in [-0.25, -0.2) is 0 Å². The van der Waals surface area contributed by atoms with Crippen molar-refractivity contribution in [2.75, 3.05) is 59.6 Å². The molecule has 1 saturated heterocycles. The van der Waals surface area contributed by atoms with Gasteiger partial charge in [0.15, 0.2) is 0 Å². The maximum atomic E-state index is 11.5. The Morgan fingerprint density at radius 1 is 1.61 bits per heavy atom. The molecule has 0 aromatic rings. The molecular weight excluding hydrogens is 249 g/mol. The molecule has 2 atom stereocenters. The number of carbonyl (C=O) groups excluding carboxylic acids is 1. The molecule has 1 heterocycles. The van der Waals surface area contributed by atoms with Crippen LogP contribution < -0.4 is 5.32 Å². The fraction of sp³-hybridized carbons (Fsp3) is 0.917. The standard InChI is InChI=1S/C12H26N3O2P/c1-4-13-5-6-15-7-8-17-11(10-15)9-14(2)12(16)18-3/h11,13,18H,4-10H2,1-3H3. The van der Waals surface area contributed by atoms with E-state index >= 15 is 0 Å². The van der Waals surface area contributed by atoms with E-state index in [1.807, 2.05) is 13.7 Å². The predicted molar refractivity (Wildman–Crippen MR) is 77.0 cm³/mol. The lowest BCUT2D eigenvalue weighted by Crippen LogP contribution is -2.48. The predicted octanol–water partition coefficient (Wildman–Crippen LogP) is 0.657. The van der Waals surface area contributed by atoms with Crippen LogP contribution in [0.1, 0.15) is 6.92 Å². The molecule has 1 aliphatic heterocycles. The van der Waals surface area contributed by atoms with Gasteiger partial charge in [0.25, 0.3) is 0 Å². The van der Waals surface area contributed by atoms with Crippen LogP contribution in [-0.2, 0) is 4.74 Å². The van der Waals surface area contributed by atoms with Crippen LogP contribution in [0.15, 0.2) is 0 Å². The summed E-state index contributed by atoms with van der Waals surface area (Å²) in [5.74, 6) is 0. The number of hydrogen-bond donors (Lipinski definition) is 1. The number of nitrogens with zero attached hydrogens (tertiary/aromatic N) is 2. The van der Waals surface area contributed by atoms with Crippen molar-refractivity contribution in [1.82, 2.24) is 15.1 Å². The van der Waals surface area contributed by atoms with Gasteiger partial charge in [-0.15, -0.1) is 0 Å². The van der Waals surface area contributed by atoms with E-state index in [1.54, 1.807) is 4.90 Å². The first-order chi connectivity index (χ1) is 8.67. The first-order valence-electron chi connectivity index (χ1n) is 6.64. The Labute approximate surface area is 112 Å². The van der Waals surface area contributed by atoms with Crippen LogP contribution in [0.2, 0.25) is 0 Å². The minimum atomic E-state index is 0.158. The average molecular weight is 275 g/mol. The quantitative estimate of drug-likeness (QED) is 0.547. The normalized spacial score (nSPS) is 21.6. The van der Waals surface area contributed by atoms with E-state index in [4.69, 9.17) is 4.74 Å². The molecule has 1 N–H and O–H groups in total. The fourth-order valence-electron chi connectivity index (χ4n) is 2.09. The van der Waals surface area contributed by atoms with Crippen molar-refractivity contribution in [3.63, 3.8) is 0 Å². The Balaban J connectivity index is 2.27. The number of carbonyl (C=O) groups is 1. The molecule has 18 heavy (non-hydrogen) atoms. The summed E-state index contributed by atoms with van der Waals surface area (Å²) >= 11 is 0. The van der Waals surface area contributed by atoms with E-state index in [0.717, 1.165) is 39.3 Å². The minimum Gasteiger partial charge on any atom is -0.374 e. The fourth-order valence-corrected chi connectivity index (χ4v) is 2.56. The summed E-state index contributed by atoms with van der Waals surface area (Å²) in [6.45, 7) is 10.5. The molecule has 1 fully saturated rings. The van der Waals surface area contributed by atoms with Crippen molar-refractivity contribution < 1.29 is 9.53 Å². The van der Waals surface area contributed by atoms with Crippen molar-refractivity contribution in [2.45, 2.75) is 13.0 Å². The molecule has 0 aliphatic carbocycles. The summed E-state index contributed by atoms with van der Waals surface area (Å²) in [6.07, 6.45) is 0.158. The van der Waals surface area contributed by atoms with Gasteiger partial charge in [-0.1, -0.05) is 6.92 Å². The second kappa shape index (κ2) is 8.81. The summed E-state index contributed by atoms with van der Waals surface area (Å²) in [6, 6.07) is 0. The number of hydrogen-bond acceptors (Lipinski definition) is 4. The van der Waals surface area contributed by atoms with Crippen LogP contribution in [-0.4, -0.2) is 81.1 Å². The number of ether oxygens (including phenoxy) is 1. The summed E-state index contributed by atoms with van der Waals surface area (Å²) in [5, 5.41) is 3.33. The summed E-state index contributed by atoms with van der Waals surface area (Å²) in [5.41, 5.74) is 0.211. The van der Waals surface area contributed by atoms with E-state index in [-0.39, 0.29) is 11.8 Å². The first kappa shape index (κ1) is 15.8. The van der Waals surface area contributed by atoms with Crippen LogP contribution in [0.4, 0.5) is 4.79 Å². The third kappa shape index (κ3) is 5.61. The highest BCUT2D eigenvalue weighted by Crippen LogP contribution is 2.12. The molecule has 0 saturated carbocycles. The number of morpholine rings is 1. The molecule has 0 bridgehead atoms. The molecule has 0 aromatic heterocycles. The van der Waals surface area contributed by atoms with E-state index in [0.29, 0.717) is 15.1 Å². The lowest BCUT2D eigenvalue weighted by Gasteiger charge is -2.34. The van der Waals surface area contributed by atoms with Crippen molar-refractivity contribution in [3.8, 4) is 0 Å². The van der Waals surface area contributed by atoms with Crippen LogP contribution in [0.3, 0.4) is 0 Å². The zero-order valence-electron chi connectivity index (χ0n) is 11.7. The maximum Gasteiger partial charge on any atom is 0.240 e. The molecule has 1 aliphatic rings. The van der Waals surface area contributed by atoms with Gasteiger partial charge >= 0.3 is 0 Å². The highest BCUT2D eigenvalue weighted by atomic mass is 31.1. The zero-order chi connectivity index (χ0) is 13.4. The topological polar surface area (TPSA) is 44.8 Å². The summed E-state index contributed by atoms with van der Waals surface area (Å²) in [4.78, 5) is 15.7. The number of likely N-dealkylation sites (N-methyl/N-ethyl adjacent to an activating group) is 2. The first-order valence-corrected chi connectivity index (χ1v) is 8.14. The number of nitrogens with one attached hydrogen (secondary N) is 1. The largest absolute Gasteiger partial charge is 0.374 e. The minimum absolute atomic E-state index is 0.158. The highest BCUT2D eigenvalue weighted by Gasteiger charge is 2.22. The highest BCUT2D eigenvalue weighted by molar-refractivity contribution is 7.56. The van der Waals surface area contributed by atoms with E-state index < -0.39 is 0 Å². The van der Waals surface area contributed by atoms with Gasteiger partial charge in [0.05, 0.1) is 12.7 Å². The molecular formula is C12H26N3O2P. The van der Waals surface area contributed by atoms with Crippen LogP contribution in [0, 0.1) is 0 Å². The van der Waals surface area contributed by atoms with Gasteiger partial charge in [-0.05, 0) is 21.8 Å². The Bertz CT molecular complexity index is 253. The Kier molecular flexibility index (Phi) is 7.75. The molecule has 0 aromatic carbocycles.